The van der Waals surface area contributed by atoms with Crippen LogP contribution in [0.25, 0.3) is 10.9 Å². The average Bonchev–Trinajstić information content (AvgIpc) is 3.27. The first-order valence-electron chi connectivity index (χ1n) is 8.73. The summed E-state index contributed by atoms with van der Waals surface area (Å²) in [7, 11) is 1.93. The quantitative estimate of drug-likeness (QED) is 0.551. The minimum absolute atomic E-state index is 0.0542. The van der Waals surface area contributed by atoms with E-state index in [2.05, 4.69) is 15.3 Å². The lowest BCUT2D eigenvalue weighted by atomic mass is 10.1. The summed E-state index contributed by atoms with van der Waals surface area (Å²) >= 11 is 0. The molecule has 4 rings (SSSR count). The highest BCUT2D eigenvalue weighted by atomic mass is 16.5. The molecule has 136 valence electrons. The van der Waals surface area contributed by atoms with Crippen LogP contribution >= 0.6 is 0 Å². The third-order valence-corrected chi connectivity index (χ3v) is 4.45. The van der Waals surface area contributed by atoms with Crippen molar-refractivity contribution in [2.75, 3.05) is 5.32 Å². The third-order valence-electron chi connectivity index (χ3n) is 4.45. The number of nitrogens with one attached hydrogen (secondary N) is 2. The number of nitrogens with zero attached hydrogens (tertiary/aromatic N) is 2. The molecule has 0 atom stereocenters. The molecule has 0 spiro atoms. The number of amides is 1. The number of anilines is 1. The van der Waals surface area contributed by atoms with E-state index in [9.17, 15) is 4.79 Å². The first kappa shape index (κ1) is 16.9. The Morgan fingerprint density at radius 1 is 1.19 bits per heavy atom. The number of hydrogen-bond acceptors (Lipinski definition) is 3. The van der Waals surface area contributed by atoms with Crippen LogP contribution < -0.4 is 10.1 Å². The Morgan fingerprint density at radius 2 is 2.00 bits per heavy atom. The van der Waals surface area contributed by atoms with Gasteiger partial charge in [-0.1, -0.05) is 18.2 Å². The monoisotopic (exact) mass is 360 g/mol. The van der Waals surface area contributed by atoms with Gasteiger partial charge in [-0.15, -0.1) is 0 Å². The van der Waals surface area contributed by atoms with Gasteiger partial charge in [-0.3, -0.25) is 4.79 Å². The van der Waals surface area contributed by atoms with Crippen LogP contribution in [-0.4, -0.2) is 20.4 Å². The van der Waals surface area contributed by atoms with Gasteiger partial charge in [-0.05, 0) is 35.9 Å². The fourth-order valence-corrected chi connectivity index (χ4v) is 2.97. The Hall–Kier alpha value is -3.54. The highest BCUT2D eigenvalue weighted by Gasteiger charge is 2.09. The van der Waals surface area contributed by atoms with Crippen LogP contribution in [0.2, 0.25) is 0 Å². The molecule has 0 aliphatic heterocycles. The van der Waals surface area contributed by atoms with Crippen molar-refractivity contribution in [3.05, 3.63) is 78.5 Å². The molecule has 0 bridgehead atoms. The summed E-state index contributed by atoms with van der Waals surface area (Å²) in [6.07, 6.45) is 5.83. The van der Waals surface area contributed by atoms with Crippen molar-refractivity contribution in [1.29, 1.82) is 0 Å². The zero-order valence-electron chi connectivity index (χ0n) is 15.0. The number of ether oxygens (including phenoxy) is 1. The Morgan fingerprint density at radius 3 is 2.78 bits per heavy atom. The first-order valence-corrected chi connectivity index (χ1v) is 8.73. The number of imidazole rings is 1. The molecule has 0 aliphatic rings. The summed E-state index contributed by atoms with van der Waals surface area (Å²) in [5.41, 5.74) is 2.76. The maximum atomic E-state index is 12.4. The number of hydrogen-bond donors (Lipinski definition) is 2. The van der Waals surface area contributed by atoms with Gasteiger partial charge in [0.05, 0.1) is 6.42 Å². The van der Waals surface area contributed by atoms with Crippen molar-refractivity contribution >= 4 is 22.5 Å². The molecule has 6 nitrogen and oxygen atoms in total. The van der Waals surface area contributed by atoms with Crippen LogP contribution in [0.5, 0.6) is 5.75 Å². The fourth-order valence-electron chi connectivity index (χ4n) is 2.97. The van der Waals surface area contributed by atoms with Crippen molar-refractivity contribution < 1.29 is 9.53 Å². The summed E-state index contributed by atoms with van der Waals surface area (Å²) in [5, 5.41) is 4.00. The topological polar surface area (TPSA) is 71.9 Å². The zero-order chi connectivity index (χ0) is 18.6. The predicted octanol–water partition coefficient (Wildman–Crippen LogP) is 3.66. The van der Waals surface area contributed by atoms with E-state index in [4.69, 9.17) is 4.74 Å². The van der Waals surface area contributed by atoms with Gasteiger partial charge in [-0.2, -0.15) is 0 Å². The van der Waals surface area contributed by atoms with Crippen LogP contribution in [0.15, 0.2) is 67.1 Å². The van der Waals surface area contributed by atoms with Crippen molar-refractivity contribution in [2.24, 2.45) is 7.05 Å². The van der Waals surface area contributed by atoms with Crippen molar-refractivity contribution in [1.82, 2.24) is 14.5 Å². The third kappa shape index (κ3) is 3.84. The molecule has 0 saturated heterocycles. The number of carbonyl (C=O) groups excluding carboxylic acids is 1. The second-order valence-electron chi connectivity index (χ2n) is 6.35. The van der Waals surface area contributed by atoms with Crippen LogP contribution in [0, 0.1) is 0 Å². The van der Waals surface area contributed by atoms with Gasteiger partial charge in [0.15, 0.2) is 0 Å². The Bertz CT molecular complexity index is 1060. The lowest BCUT2D eigenvalue weighted by molar-refractivity contribution is -0.115. The van der Waals surface area contributed by atoms with E-state index < -0.39 is 0 Å². The van der Waals surface area contributed by atoms with E-state index in [0.717, 1.165) is 33.7 Å². The number of rotatable bonds is 6. The van der Waals surface area contributed by atoms with Crippen LogP contribution in [-0.2, 0) is 24.9 Å². The molecule has 2 aromatic heterocycles. The SMILES string of the molecule is Cn1ccnc1COc1ccc(NC(=O)Cc2c[nH]c3ccccc23)cc1. The fraction of sp³-hybridized carbons (Fsp3) is 0.143. The largest absolute Gasteiger partial charge is 0.486 e. The maximum absolute atomic E-state index is 12.4. The molecule has 6 heteroatoms. The average molecular weight is 360 g/mol. The van der Waals surface area contributed by atoms with E-state index in [1.165, 1.54) is 0 Å². The Kier molecular flexibility index (Phi) is 4.61. The highest BCUT2D eigenvalue weighted by molar-refractivity contribution is 5.95. The van der Waals surface area contributed by atoms with E-state index >= 15 is 0 Å². The Balaban J connectivity index is 1.35. The molecule has 0 saturated carbocycles. The molecule has 0 radical (unpaired) electrons. The molecular formula is C21H20N4O2. The van der Waals surface area contributed by atoms with Crippen molar-refractivity contribution in [3.63, 3.8) is 0 Å². The number of para-hydroxylation sites is 1. The molecular weight excluding hydrogens is 340 g/mol. The van der Waals surface area contributed by atoms with Gasteiger partial charge < -0.3 is 19.6 Å². The lowest BCUT2D eigenvalue weighted by Gasteiger charge is -2.08. The molecule has 2 aromatic carbocycles. The summed E-state index contributed by atoms with van der Waals surface area (Å²) < 4.78 is 7.64. The van der Waals surface area contributed by atoms with E-state index in [-0.39, 0.29) is 5.91 Å². The molecule has 0 fully saturated rings. The molecule has 4 aromatic rings. The van der Waals surface area contributed by atoms with Crippen LogP contribution in [0.3, 0.4) is 0 Å². The molecule has 0 aliphatic carbocycles. The summed E-state index contributed by atoms with van der Waals surface area (Å²) in [6, 6.07) is 15.3. The highest BCUT2D eigenvalue weighted by Crippen LogP contribution is 2.20. The normalized spacial score (nSPS) is 10.9. The summed E-state index contributed by atoms with van der Waals surface area (Å²) in [5.74, 6) is 1.53. The molecule has 2 heterocycles. The molecule has 2 N–H and O–H groups in total. The second kappa shape index (κ2) is 7.37. The molecule has 1 amide bonds. The number of fused-ring (bicyclic) bond motifs is 1. The van der Waals surface area contributed by atoms with Crippen molar-refractivity contribution in [3.8, 4) is 5.75 Å². The summed E-state index contributed by atoms with van der Waals surface area (Å²) in [6.45, 7) is 0.399. The lowest BCUT2D eigenvalue weighted by Crippen LogP contribution is -2.14. The van der Waals surface area contributed by atoms with Crippen LogP contribution in [0.1, 0.15) is 11.4 Å². The minimum Gasteiger partial charge on any atom is -0.486 e. The number of benzene rings is 2. The Labute approximate surface area is 156 Å². The predicted molar refractivity (Wildman–Crippen MR) is 105 cm³/mol. The van der Waals surface area contributed by atoms with Gasteiger partial charge in [0.1, 0.15) is 18.2 Å². The maximum Gasteiger partial charge on any atom is 0.228 e. The van der Waals surface area contributed by atoms with Gasteiger partial charge in [0.2, 0.25) is 5.91 Å². The second-order valence-corrected chi connectivity index (χ2v) is 6.35. The molecule has 0 unspecified atom stereocenters. The van der Waals surface area contributed by atoms with Gasteiger partial charge in [-0.25, -0.2) is 4.98 Å². The number of carbonyl (C=O) groups is 1. The van der Waals surface area contributed by atoms with Crippen molar-refractivity contribution in [2.45, 2.75) is 13.0 Å². The number of H-pyrrole nitrogens is 1. The van der Waals surface area contributed by atoms with Gasteiger partial charge >= 0.3 is 0 Å². The van der Waals surface area contributed by atoms with E-state index in [1.807, 2.05) is 72.5 Å². The van der Waals surface area contributed by atoms with Gasteiger partial charge in [0, 0.05) is 42.2 Å². The smallest absolute Gasteiger partial charge is 0.228 e. The number of aromatic amines is 1. The minimum atomic E-state index is -0.0542. The zero-order valence-corrected chi connectivity index (χ0v) is 15.0. The van der Waals surface area contributed by atoms with E-state index in [0.29, 0.717) is 13.0 Å². The standard InChI is InChI=1S/C21H20N4O2/c1-25-11-10-22-20(25)14-27-17-8-6-16(7-9-17)24-21(26)12-15-13-23-19-5-3-2-4-18(15)19/h2-11,13,23H,12,14H2,1H3,(H,24,26). The number of aryl methyl sites for hydroxylation is 1. The summed E-state index contributed by atoms with van der Waals surface area (Å²) in [4.78, 5) is 19.8. The van der Waals surface area contributed by atoms with Crippen LogP contribution in [0.4, 0.5) is 5.69 Å². The first-order chi connectivity index (χ1) is 13.2. The van der Waals surface area contributed by atoms with E-state index in [1.54, 1.807) is 6.20 Å². The van der Waals surface area contributed by atoms with Gasteiger partial charge in [0.25, 0.3) is 0 Å². The number of aromatic nitrogens is 3. The molecule has 27 heavy (non-hydrogen) atoms.